The van der Waals surface area contributed by atoms with E-state index >= 15 is 0 Å². The van der Waals surface area contributed by atoms with Crippen molar-refractivity contribution in [2.45, 2.75) is 49.7 Å². The van der Waals surface area contributed by atoms with Crippen molar-refractivity contribution < 1.29 is 33.0 Å². The number of aliphatic hydroxyl groups excluding tert-OH is 1. The minimum Gasteiger partial charge on any atom is -0.394 e. The van der Waals surface area contributed by atoms with E-state index in [9.17, 15) is 14.8 Å². The molecule has 2 aliphatic rings. The third-order valence-corrected chi connectivity index (χ3v) is 10.0. The zero-order valence-electron chi connectivity index (χ0n) is 22.0. The number of imidazole rings is 1. The minimum atomic E-state index is -3.28. The van der Waals surface area contributed by atoms with Gasteiger partial charge in [0.1, 0.15) is 36.2 Å². The van der Waals surface area contributed by atoms with Gasteiger partial charge in [-0.15, -0.1) is 0 Å². The highest BCUT2D eigenvalue weighted by Crippen LogP contribution is 2.57. The van der Waals surface area contributed by atoms with Crippen molar-refractivity contribution in [1.29, 1.82) is 0 Å². The topological polar surface area (TPSA) is 233 Å². The van der Waals surface area contributed by atoms with Gasteiger partial charge in [-0.25, -0.2) is 15.0 Å². The van der Waals surface area contributed by atoms with Crippen LogP contribution >= 0.6 is 25.1 Å². The summed E-state index contributed by atoms with van der Waals surface area (Å²) in [5.74, 6) is 0.235. The summed E-state index contributed by atoms with van der Waals surface area (Å²) in [6.45, 7) is -0.380. The number of aromatic nitrogens is 7. The maximum atomic E-state index is 12.3. The lowest BCUT2D eigenvalue weighted by molar-refractivity contribution is -0.0478. The number of hydrogen-bond donors (Lipinski definition) is 6. The molecule has 2 saturated heterocycles. The van der Waals surface area contributed by atoms with Crippen LogP contribution in [0.4, 0.5) is 11.8 Å². The summed E-state index contributed by atoms with van der Waals surface area (Å²) in [4.78, 5) is 41.2. The predicted octanol–water partition coefficient (Wildman–Crippen LogP) is 0.736. The quantitative estimate of drug-likeness (QED) is 0.0994. The number of nitrogens with zero attached hydrogens (tertiary/aromatic N) is 6. The molecule has 8 atom stereocenters. The molecule has 2 fully saturated rings. The number of hydrogen-bond acceptors (Lipinski definition) is 15. The van der Waals surface area contributed by atoms with E-state index < -0.39 is 55.3 Å². The number of fused-ring (bicyclic) bond motifs is 2. The largest absolute Gasteiger partial charge is 0.394 e. The van der Waals surface area contributed by atoms with Crippen LogP contribution < -0.4 is 17.0 Å². The van der Waals surface area contributed by atoms with Gasteiger partial charge in [0.05, 0.1) is 37.1 Å². The summed E-state index contributed by atoms with van der Waals surface area (Å²) in [5, 5.41) is 10.5. The molecule has 43 heavy (non-hydrogen) atoms. The van der Waals surface area contributed by atoms with E-state index in [4.69, 9.17) is 58.1 Å². The molecule has 0 aliphatic carbocycles. The molecule has 0 spiro atoms. The number of nitrogens with two attached hydrogens (primary N) is 2. The first-order valence-electron chi connectivity index (χ1n) is 12.8. The fraction of sp³-hybridized carbons (Fsp3) is 0.476. The summed E-state index contributed by atoms with van der Waals surface area (Å²) in [6.07, 6.45) is 1.04. The molecule has 7 N–H and O–H groups in total. The molecule has 0 aromatic carbocycles. The van der Waals surface area contributed by atoms with Gasteiger partial charge in [-0.3, -0.25) is 14.3 Å². The number of nitrogen functional groups attached to an aromatic ring is 2. The van der Waals surface area contributed by atoms with Crippen LogP contribution in [-0.2, 0) is 46.7 Å². The van der Waals surface area contributed by atoms with Crippen molar-refractivity contribution in [3.8, 4) is 0 Å². The van der Waals surface area contributed by atoms with Crippen molar-refractivity contribution in [2.24, 2.45) is 0 Å². The first kappa shape index (κ1) is 30.9. The van der Waals surface area contributed by atoms with Gasteiger partial charge in [-0.1, -0.05) is 12.2 Å². The van der Waals surface area contributed by atoms with Gasteiger partial charge in [-0.05, 0) is 29.7 Å². The standard InChI is InChI=1S/C21H27N9O8P2S3/c22-16-10-1-2-29(17(10)25-7-24-16)14-4-11(37-39(33)41)13(36-14)6-34-40(42,43)38-12-3-9(5-31)35-20(12)30-8-26-15-18(30)27-21(23)28-19(15)32/h1-2,7-9,11-14,20,31,39H,3-6H2,(H,33,41)(H,42,43)(H2,22,24,25)(H3,23,27,28,32)/t9-,11-,12+,13+,14+,20+/m0/s1. The highest BCUT2D eigenvalue weighted by atomic mass is 32.9. The minimum absolute atomic E-state index is 0.0562. The number of H-pyrrole nitrogens is 1. The van der Waals surface area contributed by atoms with Gasteiger partial charge in [0, 0.05) is 19.0 Å². The first-order valence-corrected chi connectivity index (χ1v) is 19.1. The van der Waals surface area contributed by atoms with Gasteiger partial charge < -0.3 is 49.1 Å². The van der Waals surface area contributed by atoms with E-state index in [0.717, 1.165) is 0 Å². The number of aliphatic hydroxyl groups is 1. The number of ether oxygens (including phenoxy) is 2. The van der Waals surface area contributed by atoms with Gasteiger partial charge in [0.2, 0.25) is 11.6 Å². The fourth-order valence-electron chi connectivity index (χ4n) is 5.17. The summed E-state index contributed by atoms with van der Waals surface area (Å²) < 4.78 is 33.3. The highest BCUT2D eigenvalue weighted by molar-refractivity contribution is 8.60. The molecule has 6 rings (SSSR count). The molecule has 17 nitrogen and oxygen atoms in total. The highest BCUT2D eigenvalue weighted by Gasteiger charge is 2.43. The second kappa shape index (κ2) is 12.4. The van der Waals surface area contributed by atoms with Crippen molar-refractivity contribution >= 4 is 82.7 Å². The molecule has 0 saturated carbocycles. The summed E-state index contributed by atoms with van der Waals surface area (Å²) in [7, 11) is -2.49. The molecular weight excluding hydrogens is 664 g/mol. The van der Waals surface area contributed by atoms with E-state index in [0.29, 0.717) is 23.3 Å². The maximum Gasteiger partial charge on any atom is 0.280 e. The maximum absolute atomic E-state index is 12.3. The third-order valence-electron chi connectivity index (χ3n) is 7.03. The Hall–Kier alpha value is -2.06. The Morgan fingerprint density at radius 1 is 1.21 bits per heavy atom. The molecule has 232 valence electrons. The van der Waals surface area contributed by atoms with Crippen molar-refractivity contribution in [3.63, 3.8) is 0 Å². The van der Waals surface area contributed by atoms with E-state index in [1.54, 1.807) is 16.8 Å². The predicted molar refractivity (Wildman–Crippen MR) is 166 cm³/mol. The number of rotatable bonds is 10. The Labute approximate surface area is 258 Å². The second-order valence-electron chi connectivity index (χ2n) is 9.76. The zero-order chi connectivity index (χ0) is 30.5. The van der Waals surface area contributed by atoms with Crippen LogP contribution in [0.15, 0.2) is 29.7 Å². The molecule has 22 heteroatoms. The molecule has 2 unspecified atom stereocenters. The molecule has 6 heterocycles. The fourth-order valence-corrected chi connectivity index (χ4v) is 8.05. The molecule has 4 aromatic heterocycles. The number of nitrogens with one attached hydrogen (secondary N) is 1. The van der Waals surface area contributed by atoms with Gasteiger partial charge in [-0.2, -0.15) is 4.98 Å². The van der Waals surface area contributed by atoms with Crippen molar-refractivity contribution in [3.05, 3.63) is 35.3 Å². The van der Waals surface area contributed by atoms with Crippen LogP contribution in [0.3, 0.4) is 0 Å². The molecule has 0 amide bonds. The lowest BCUT2D eigenvalue weighted by Gasteiger charge is -2.27. The number of anilines is 2. The van der Waals surface area contributed by atoms with Crippen LogP contribution in [0.1, 0.15) is 25.3 Å². The monoisotopic (exact) mass is 691 g/mol. The van der Waals surface area contributed by atoms with E-state index in [2.05, 4.69) is 37.2 Å². The Kier molecular flexibility index (Phi) is 8.91. The first-order chi connectivity index (χ1) is 20.5. The molecule has 0 radical (unpaired) electrons. The summed E-state index contributed by atoms with van der Waals surface area (Å²) in [5.41, 5.74) is 8.73. The van der Waals surface area contributed by atoms with Crippen LogP contribution in [0.2, 0.25) is 0 Å². The molecule has 0 bridgehead atoms. The summed E-state index contributed by atoms with van der Waals surface area (Å²) >= 11 is 15.1. The lowest BCUT2D eigenvalue weighted by Crippen LogP contribution is -2.28. The van der Waals surface area contributed by atoms with Gasteiger partial charge in [0.15, 0.2) is 24.5 Å². The Balaban J connectivity index is 1.18. The normalized spacial score (nSPS) is 28.1. The van der Waals surface area contributed by atoms with Crippen molar-refractivity contribution in [2.75, 3.05) is 24.7 Å². The zero-order valence-corrected chi connectivity index (χ0v) is 26.4. The summed E-state index contributed by atoms with van der Waals surface area (Å²) in [6, 6.07) is 1.78. The Morgan fingerprint density at radius 2 is 2.02 bits per heavy atom. The van der Waals surface area contributed by atoms with Crippen LogP contribution in [0.5, 0.6) is 0 Å². The Bertz CT molecular complexity index is 1790. The average Bonchev–Trinajstić information content (AvgIpc) is 3.72. The molecule has 2 aliphatic heterocycles. The SMILES string of the molecule is Nc1nc2c(ncn2[C@@H]2O[C@H](CO)C[C@H]2OP(=S)(S)OC[C@H]2O[C@@H](n3ccc4c(N)ncnc43)C[C@@H]2O[PH](O)=S)c(=O)[nH]1. The lowest BCUT2D eigenvalue weighted by atomic mass is 10.2. The third kappa shape index (κ3) is 6.38. The van der Waals surface area contributed by atoms with Crippen LogP contribution in [0.25, 0.3) is 22.2 Å². The number of aromatic amines is 1. The average molecular weight is 692 g/mol. The van der Waals surface area contributed by atoms with E-state index in [1.165, 1.54) is 17.2 Å². The van der Waals surface area contributed by atoms with Crippen LogP contribution in [-0.4, -0.2) is 81.7 Å². The van der Waals surface area contributed by atoms with Crippen LogP contribution in [0, 0.1) is 0 Å². The van der Waals surface area contributed by atoms with E-state index in [1.807, 2.05) is 0 Å². The second-order valence-corrected chi connectivity index (χ2v) is 16.8. The number of thiol groups is 1. The Morgan fingerprint density at radius 3 is 2.79 bits per heavy atom. The van der Waals surface area contributed by atoms with Crippen molar-refractivity contribution in [1.82, 2.24) is 34.1 Å². The van der Waals surface area contributed by atoms with Gasteiger partial charge >= 0.3 is 0 Å². The van der Waals surface area contributed by atoms with E-state index in [-0.39, 0.29) is 36.7 Å². The van der Waals surface area contributed by atoms with Gasteiger partial charge in [0.25, 0.3) is 5.56 Å². The smallest absolute Gasteiger partial charge is 0.280 e. The molecular formula is C21H27N9O8P2S3. The molecule has 4 aromatic rings.